The number of ether oxygens (including phenoxy) is 1. The van der Waals surface area contributed by atoms with Gasteiger partial charge in [-0.1, -0.05) is 0 Å². The molecule has 1 rings (SSSR count). The second kappa shape index (κ2) is 3.35. The zero-order chi connectivity index (χ0) is 9.19. The van der Waals surface area contributed by atoms with E-state index in [1.807, 2.05) is 0 Å². The fraction of sp³-hybridized carbons (Fsp3) is 0.857. The number of carbonyl (C=O) groups is 1. The molecule has 0 amide bonds. The molecule has 0 unspecified atom stereocenters. The van der Waals surface area contributed by atoms with Crippen molar-refractivity contribution in [1.29, 1.82) is 0 Å². The molecule has 1 fully saturated rings. The maximum Gasteiger partial charge on any atom is 0.319 e. The molecule has 0 N–H and O–H groups in total. The van der Waals surface area contributed by atoms with Gasteiger partial charge in [-0.15, -0.1) is 0 Å². The highest BCUT2D eigenvalue weighted by Crippen LogP contribution is 2.26. The van der Waals surface area contributed by atoms with Gasteiger partial charge >= 0.3 is 5.97 Å². The van der Waals surface area contributed by atoms with Crippen LogP contribution in [0.5, 0.6) is 0 Å². The molecule has 3 nitrogen and oxygen atoms in total. The van der Waals surface area contributed by atoms with Gasteiger partial charge in [0.25, 0.3) is 5.92 Å². The Hall–Kier alpha value is -0.710. The second-order valence-electron chi connectivity index (χ2n) is 2.89. The van der Waals surface area contributed by atoms with Crippen molar-refractivity contribution in [2.75, 3.05) is 26.7 Å². The highest BCUT2D eigenvalue weighted by atomic mass is 19.3. The number of methoxy groups -OCH3 is 1. The summed E-state index contributed by atoms with van der Waals surface area (Å²) in [5.74, 6) is -3.10. The summed E-state index contributed by atoms with van der Waals surface area (Å²) in [7, 11) is 1.25. The maximum atomic E-state index is 12.6. The molecule has 1 aliphatic heterocycles. The first-order valence-corrected chi connectivity index (χ1v) is 3.70. The summed E-state index contributed by atoms with van der Waals surface area (Å²) >= 11 is 0. The Labute approximate surface area is 69.3 Å². The van der Waals surface area contributed by atoms with Crippen LogP contribution in [0.3, 0.4) is 0 Å². The SMILES string of the molecule is COC(=O)CN1CCC(F)(F)C1. The fourth-order valence-electron chi connectivity index (χ4n) is 1.19. The molecular formula is C7H11F2NO2. The van der Waals surface area contributed by atoms with Gasteiger partial charge in [0.15, 0.2) is 0 Å². The van der Waals surface area contributed by atoms with Crippen molar-refractivity contribution in [3.8, 4) is 0 Å². The predicted octanol–water partition coefficient (Wildman–Crippen LogP) is 0.500. The average molecular weight is 179 g/mol. The van der Waals surface area contributed by atoms with Gasteiger partial charge in [-0.3, -0.25) is 9.69 Å². The number of hydrogen-bond acceptors (Lipinski definition) is 3. The van der Waals surface area contributed by atoms with Crippen LogP contribution in [-0.4, -0.2) is 43.5 Å². The molecule has 0 aliphatic carbocycles. The monoisotopic (exact) mass is 179 g/mol. The Morgan fingerprint density at radius 2 is 2.33 bits per heavy atom. The summed E-state index contributed by atoms with van der Waals surface area (Å²) < 4.78 is 29.5. The quantitative estimate of drug-likeness (QED) is 0.578. The molecule has 0 aromatic heterocycles. The van der Waals surface area contributed by atoms with Crippen LogP contribution >= 0.6 is 0 Å². The molecule has 0 saturated carbocycles. The van der Waals surface area contributed by atoms with E-state index in [1.54, 1.807) is 0 Å². The zero-order valence-electron chi connectivity index (χ0n) is 6.85. The van der Waals surface area contributed by atoms with Crippen LogP contribution in [0.15, 0.2) is 0 Å². The van der Waals surface area contributed by atoms with Crippen LogP contribution in [0, 0.1) is 0 Å². The molecule has 0 spiro atoms. The lowest BCUT2D eigenvalue weighted by molar-refractivity contribution is -0.141. The van der Waals surface area contributed by atoms with Gasteiger partial charge < -0.3 is 4.74 Å². The number of alkyl halides is 2. The molecule has 0 atom stereocenters. The van der Waals surface area contributed by atoms with E-state index in [0.717, 1.165) is 0 Å². The highest BCUT2D eigenvalue weighted by Gasteiger charge is 2.38. The van der Waals surface area contributed by atoms with E-state index in [1.165, 1.54) is 12.0 Å². The van der Waals surface area contributed by atoms with E-state index >= 15 is 0 Å². The van der Waals surface area contributed by atoms with Crippen molar-refractivity contribution in [3.63, 3.8) is 0 Å². The van der Waals surface area contributed by atoms with E-state index in [-0.39, 0.29) is 26.1 Å². The van der Waals surface area contributed by atoms with E-state index < -0.39 is 11.9 Å². The molecule has 5 heteroatoms. The number of likely N-dealkylation sites (tertiary alicyclic amines) is 1. The number of nitrogens with zero attached hydrogens (tertiary/aromatic N) is 1. The van der Waals surface area contributed by atoms with Gasteiger partial charge in [-0.25, -0.2) is 8.78 Å². The lowest BCUT2D eigenvalue weighted by atomic mass is 10.3. The van der Waals surface area contributed by atoms with Crippen molar-refractivity contribution in [2.24, 2.45) is 0 Å². The third-order valence-corrected chi connectivity index (χ3v) is 1.83. The molecular weight excluding hydrogens is 168 g/mol. The Morgan fingerprint density at radius 1 is 1.67 bits per heavy atom. The van der Waals surface area contributed by atoms with Gasteiger partial charge in [-0.2, -0.15) is 0 Å². The molecule has 0 radical (unpaired) electrons. The topological polar surface area (TPSA) is 29.5 Å². The average Bonchev–Trinajstić information content (AvgIpc) is 2.30. The smallest absolute Gasteiger partial charge is 0.319 e. The lowest BCUT2D eigenvalue weighted by Gasteiger charge is -2.12. The number of rotatable bonds is 2. The minimum Gasteiger partial charge on any atom is -0.468 e. The van der Waals surface area contributed by atoms with Crippen LogP contribution in [0.4, 0.5) is 8.78 Å². The highest BCUT2D eigenvalue weighted by molar-refractivity contribution is 5.71. The predicted molar refractivity (Wildman–Crippen MR) is 38.0 cm³/mol. The summed E-state index contributed by atoms with van der Waals surface area (Å²) in [6.45, 7) is -0.101. The van der Waals surface area contributed by atoms with Crippen LogP contribution in [0.2, 0.25) is 0 Å². The summed E-state index contributed by atoms with van der Waals surface area (Å²) in [5.41, 5.74) is 0. The number of carbonyl (C=O) groups excluding carboxylic acids is 1. The lowest BCUT2D eigenvalue weighted by Crippen LogP contribution is -2.30. The third kappa shape index (κ3) is 2.41. The van der Waals surface area contributed by atoms with Gasteiger partial charge in [0, 0.05) is 13.0 Å². The summed E-state index contributed by atoms with van der Waals surface area (Å²) in [4.78, 5) is 12.1. The standard InChI is InChI=1S/C7H11F2NO2/c1-12-6(11)4-10-3-2-7(8,9)5-10/h2-5H2,1H3. The minimum absolute atomic E-state index is 0.0356. The first-order chi connectivity index (χ1) is 5.53. The van der Waals surface area contributed by atoms with Crippen molar-refractivity contribution in [2.45, 2.75) is 12.3 Å². The number of halogens is 2. The second-order valence-corrected chi connectivity index (χ2v) is 2.89. The van der Waals surface area contributed by atoms with Crippen LogP contribution < -0.4 is 0 Å². The summed E-state index contributed by atoms with van der Waals surface area (Å²) in [5, 5.41) is 0. The Morgan fingerprint density at radius 3 is 2.75 bits per heavy atom. The number of esters is 1. The molecule has 1 aliphatic rings. The Balaban J connectivity index is 2.33. The summed E-state index contributed by atoms with van der Waals surface area (Å²) in [6.07, 6.45) is -0.163. The van der Waals surface area contributed by atoms with Crippen LogP contribution in [-0.2, 0) is 9.53 Å². The molecule has 70 valence electrons. The molecule has 12 heavy (non-hydrogen) atoms. The fourth-order valence-corrected chi connectivity index (χ4v) is 1.19. The van der Waals surface area contributed by atoms with Crippen molar-refractivity contribution in [3.05, 3.63) is 0 Å². The van der Waals surface area contributed by atoms with Gasteiger partial charge in [0.05, 0.1) is 20.2 Å². The van der Waals surface area contributed by atoms with Gasteiger partial charge in [0.1, 0.15) is 0 Å². The van der Waals surface area contributed by atoms with Crippen LogP contribution in [0.25, 0.3) is 0 Å². The summed E-state index contributed by atoms with van der Waals surface area (Å²) in [6, 6.07) is 0. The van der Waals surface area contributed by atoms with Crippen molar-refractivity contribution >= 4 is 5.97 Å². The van der Waals surface area contributed by atoms with E-state index in [9.17, 15) is 13.6 Å². The molecule has 0 bridgehead atoms. The largest absolute Gasteiger partial charge is 0.468 e. The van der Waals surface area contributed by atoms with E-state index in [4.69, 9.17) is 0 Å². The van der Waals surface area contributed by atoms with Crippen molar-refractivity contribution in [1.82, 2.24) is 4.90 Å². The first-order valence-electron chi connectivity index (χ1n) is 3.70. The normalized spacial score (nSPS) is 22.6. The number of hydrogen-bond donors (Lipinski definition) is 0. The molecule has 0 aromatic carbocycles. The minimum atomic E-state index is -2.63. The third-order valence-electron chi connectivity index (χ3n) is 1.83. The zero-order valence-corrected chi connectivity index (χ0v) is 6.85. The van der Waals surface area contributed by atoms with E-state index in [2.05, 4.69) is 4.74 Å². The van der Waals surface area contributed by atoms with E-state index in [0.29, 0.717) is 0 Å². The van der Waals surface area contributed by atoms with Crippen LogP contribution in [0.1, 0.15) is 6.42 Å². The Bertz CT molecular complexity index is 184. The Kier molecular flexibility index (Phi) is 2.62. The van der Waals surface area contributed by atoms with Crippen molar-refractivity contribution < 1.29 is 18.3 Å². The molecule has 0 aromatic rings. The molecule has 1 saturated heterocycles. The van der Waals surface area contributed by atoms with Gasteiger partial charge in [-0.05, 0) is 0 Å². The molecule has 1 heterocycles. The maximum absolute atomic E-state index is 12.6. The first kappa shape index (κ1) is 9.38. The van der Waals surface area contributed by atoms with Gasteiger partial charge in [0.2, 0.25) is 0 Å².